The lowest BCUT2D eigenvalue weighted by atomic mass is 9.79. The molecule has 13 heteroatoms. The van der Waals surface area contributed by atoms with E-state index in [0.29, 0.717) is 58.7 Å². The van der Waals surface area contributed by atoms with Gasteiger partial charge in [-0.15, -0.1) is 11.3 Å². The fraction of sp³-hybridized carbons (Fsp3) is 0.441. The molecule has 1 aromatic heterocycles. The molecule has 252 valence electrons. The smallest absolute Gasteiger partial charge is 0.416 e. The summed E-state index contributed by atoms with van der Waals surface area (Å²) in [7, 11) is 0. The summed E-state index contributed by atoms with van der Waals surface area (Å²) < 4.78 is 100. The first-order valence-corrected chi connectivity index (χ1v) is 15.8. The Balaban J connectivity index is 1.71. The predicted molar refractivity (Wildman–Crippen MR) is 163 cm³/mol. The van der Waals surface area contributed by atoms with Crippen molar-refractivity contribution < 1.29 is 45.1 Å². The number of benzene rings is 2. The number of nitrogens with one attached hydrogen (secondary N) is 1. The van der Waals surface area contributed by atoms with Gasteiger partial charge in [-0.05, 0) is 106 Å². The fourth-order valence-corrected chi connectivity index (χ4v) is 7.29. The monoisotopic (exact) mass is 682 g/mol. The van der Waals surface area contributed by atoms with Crippen LogP contribution in [0.25, 0.3) is 10.4 Å². The lowest BCUT2D eigenvalue weighted by Crippen LogP contribution is -2.35. The Bertz CT molecular complexity index is 1660. The molecule has 0 aliphatic heterocycles. The van der Waals surface area contributed by atoms with Gasteiger partial charge in [-0.3, -0.25) is 9.59 Å². The highest BCUT2D eigenvalue weighted by molar-refractivity contribution is 7.16. The number of halogens is 7. The molecule has 47 heavy (non-hydrogen) atoms. The second kappa shape index (κ2) is 13.7. The second-order valence-corrected chi connectivity index (χ2v) is 13.2. The number of alkyl halides is 6. The van der Waals surface area contributed by atoms with Crippen LogP contribution < -0.4 is 5.32 Å². The molecule has 0 bridgehead atoms. The summed E-state index contributed by atoms with van der Waals surface area (Å²) in [6.45, 7) is 5.63. The van der Waals surface area contributed by atoms with E-state index in [0.717, 1.165) is 0 Å². The lowest BCUT2D eigenvalue weighted by molar-refractivity contribution is -0.149. The molecule has 5 nitrogen and oxygen atoms in total. The number of nitriles is 1. The molecule has 1 N–H and O–H groups in total. The normalized spacial score (nSPS) is 17.2. The Hall–Kier alpha value is -3.92. The van der Waals surface area contributed by atoms with E-state index in [-0.39, 0.29) is 41.7 Å². The number of ether oxygens (including phenoxy) is 1. The van der Waals surface area contributed by atoms with Gasteiger partial charge in [0.05, 0.1) is 51.7 Å². The van der Waals surface area contributed by atoms with Crippen molar-refractivity contribution in [1.82, 2.24) is 0 Å². The molecule has 2 aromatic carbocycles. The van der Waals surface area contributed by atoms with Crippen LogP contribution in [-0.2, 0) is 32.1 Å². The van der Waals surface area contributed by atoms with E-state index in [2.05, 4.69) is 11.4 Å². The number of ketones is 1. The topological polar surface area (TPSA) is 79.2 Å². The van der Waals surface area contributed by atoms with E-state index in [1.165, 1.54) is 43.4 Å². The van der Waals surface area contributed by atoms with Crippen molar-refractivity contribution in [1.29, 1.82) is 5.26 Å². The Kier molecular flexibility index (Phi) is 10.4. The van der Waals surface area contributed by atoms with Crippen molar-refractivity contribution in [2.24, 2.45) is 5.92 Å². The number of carbonyl (C=O) groups excluding carboxylic acids is 2. The molecular weight excluding hydrogens is 649 g/mol. The zero-order valence-electron chi connectivity index (χ0n) is 26.1. The highest BCUT2D eigenvalue weighted by Crippen LogP contribution is 2.49. The van der Waals surface area contributed by atoms with Crippen LogP contribution in [0.3, 0.4) is 0 Å². The third kappa shape index (κ3) is 7.80. The third-order valence-electron chi connectivity index (χ3n) is 8.63. The van der Waals surface area contributed by atoms with Crippen molar-refractivity contribution in [3.8, 4) is 16.5 Å². The van der Waals surface area contributed by atoms with Crippen LogP contribution in [0.15, 0.2) is 36.4 Å². The summed E-state index contributed by atoms with van der Waals surface area (Å²) in [5.74, 6) is -1.84. The summed E-state index contributed by atoms with van der Waals surface area (Å²) in [5, 5.41) is 13.3. The predicted octanol–water partition coefficient (Wildman–Crippen LogP) is 9.57. The zero-order chi connectivity index (χ0) is 34.9. The highest BCUT2D eigenvalue weighted by Gasteiger charge is 2.40. The number of carbonyl (C=O) groups is 2. The maximum Gasteiger partial charge on any atom is 0.416 e. The van der Waals surface area contributed by atoms with Crippen molar-refractivity contribution in [2.45, 2.75) is 77.1 Å². The molecule has 1 heterocycles. The van der Waals surface area contributed by atoms with Crippen LogP contribution in [0.4, 0.5) is 36.4 Å². The van der Waals surface area contributed by atoms with Crippen LogP contribution in [0.5, 0.6) is 0 Å². The molecule has 1 fully saturated rings. The standard InChI is InChI=1S/C34H33F7N2O3S/c1-5-46-31(45)20-8-6-19(7-9-20)29-26(16-42)28(30(47-29)25-11-10-24(35)12-18(25)2)43-17-27(44)32(3,4)21-13-22(33(36,37)38)15-23(14-21)34(39,40)41/h10-15,19-20,43H,5-9,17H2,1-4H3. The van der Waals surface area contributed by atoms with Gasteiger partial charge in [-0.25, -0.2) is 4.39 Å². The van der Waals surface area contributed by atoms with Crippen molar-refractivity contribution >= 4 is 28.8 Å². The van der Waals surface area contributed by atoms with Gasteiger partial charge in [0.1, 0.15) is 11.9 Å². The number of aryl methyl sites for hydroxylation is 1. The van der Waals surface area contributed by atoms with Gasteiger partial charge < -0.3 is 10.1 Å². The number of hydrogen-bond acceptors (Lipinski definition) is 6. The molecule has 0 spiro atoms. The van der Waals surface area contributed by atoms with Crippen LogP contribution in [-0.4, -0.2) is 24.9 Å². The molecule has 1 saturated carbocycles. The third-order valence-corrected chi connectivity index (χ3v) is 10.0. The SMILES string of the molecule is CCOC(=O)C1CCC(c2sc(-c3ccc(F)cc3C)c(NCC(=O)C(C)(C)c3cc(C(F)(F)F)cc(C(F)(F)F)c3)c2C#N)CC1. The molecule has 0 saturated heterocycles. The van der Waals surface area contributed by atoms with Gasteiger partial charge in [0, 0.05) is 4.88 Å². The molecule has 4 rings (SSSR count). The van der Waals surface area contributed by atoms with Crippen molar-refractivity contribution in [3.63, 3.8) is 0 Å². The van der Waals surface area contributed by atoms with Crippen LogP contribution in [0, 0.1) is 30.0 Å². The molecule has 0 unspecified atom stereocenters. The molecule has 1 aliphatic carbocycles. The number of Topliss-reactive ketones (excluding diaryl/α,β-unsaturated/α-hetero) is 1. The van der Waals surface area contributed by atoms with Gasteiger partial charge in [0.15, 0.2) is 5.78 Å². The first-order valence-electron chi connectivity index (χ1n) is 15.0. The fourth-order valence-electron chi connectivity index (χ4n) is 5.81. The van der Waals surface area contributed by atoms with Crippen LogP contribution in [0.1, 0.15) is 85.1 Å². The lowest BCUT2D eigenvalue weighted by Gasteiger charge is -2.27. The Morgan fingerprint density at radius 1 is 0.957 bits per heavy atom. The second-order valence-electron chi connectivity index (χ2n) is 12.1. The number of anilines is 1. The number of nitrogens with zero attached hydrogens (tertiary/aromatic N) is 1. The maximum atomic E-state index is 14.0. The Labute approximate surface area is 271 Å². The summed E-state index contributed by atoms with van der Waals surface area (Å²) in [6.07, 6.45) is -7.90. The first-order chi connectivity index (χ1) is 21.9. The van der Waals surface area contributed by atoms with Gasteiger partial charge in [-0.1, -0.05) is 6.07 Å². The molecule has 0 atom stereocenters. The molecule has 0 radical (unpaired) electrons. The van der Waals surface area contributed by atoms with Crippen LogP contribution >= 0.6 is 11.3 Å². The first kappa shape index (κ1) is 35.9. The minimum atomic E-state index is -5.08. The van der Waals surface area contributed by atoms with E-state index < -0.39 is 52.6 Å². The zero-order valence-corrected chi connectivity index (χ0v) is 26.9. The van der Waals surface area contributed by atoms with Crippen molar-refractivity contribution in [3.05, 3.63) is 74.9 Å². The number of thiophene rings is 1. The van der Waals surface area contributed by atoms with E-state index in [9.17, 15) is 45.6 Å². The highest BCUT2D eigenvalue weighted by atomic mass is 32.1. The summed E-state index contributed by atoms with van der Waals surface area (Å²) in [5.41, 5.74) is -3.69. The minimum absolute atomic E-state index is 0.00585. The molecular formula is C34H33F7N2O3S. The van der Waals surface area contributed by atoms with E-state index in [1.807, 2.05) is 0 Å². The largest absolute Gasteiger partial charge is 0.466 e. The van der Waals surface area contributed by atoms with Gasteiger partial charge in [-0.2, -0.15) is 31.6 Å². The molecule has 1 aliphatic rings. The minimum Gasteiger partial charge on any atom is -0.466 e. The van der Waals surface area contributed by atoms with Crippen molar-refractivity contribution in [2.75, 3.05) is 18.5 Å². The summed E-state index contributed by atoms with van der Waals surface area (Å²) in [6, 6.07) is 7.39. The molecule has 0 amide bonds. The average molecular weight is 683 g/mol. The number of hydrogen-bond donors (Lipinski definition) is 1. The van der Waals surface area contributed by atoms with E-state index in [1.54, 1.807) is 13.8 Å². The Morgan fingerprint density at radius 2 is 1.53 bits per heavy atom. The summed E-state index contributed by atoms with van der Waals surface area (Å²) in [4.78, 5) is 27.1. The van der Waals surface area contributed by atoms with Gasteiger partial charge >= 0.3 is 18.3 Å². The van der Waals surface area contributed by atoms with Crippen LogP contribution in [0.2, 0.25) is 0 Å². The molecule has 3 aromatic rings. The van der Waals surface area contributed by atoms with Gasteiger partial charge in [0.2, 0.25) is 0 Å². The number of esters is 1. The average Bonchev–Trinajstić information content (AvgIpc) is 3.36. The van der Waals surface area contributed by atoms with Gasteiger partial charge in [0.25, 0.3) is 0 Å². The van der Waals surface area contributed by atoms with E-state index >= 15 is 0 Å². The Morgan fingerprint density at radius 3 is 2.04 bits per heavy atom. The maximum absolute atomic E-state index is 14.0. The summed E-state index contributed by atoms with van der Waals surface area (Å²) >= 11 is 1.29. The van der Waals surface area contributed by atoms with E-state index in [4.69, 9.17) is 4.74 Å². The quantitative estimate of drug-likeness (QED) is 0.180. The number of rotatable bonds is 9.